The van der Waals surface area contributed by atoms with Gasteiger partial charge in [0.1, 0.15) is 30.3 Å². The number of hydrogen-bond donors (Lipinski definition) is 0. The second kappa shape index (κ2) is 30.3. The lowest BCUT2D eigenvalue weighted by Crippen LogP contribution is -2.61. The highest BCUT2D eigenvalue weighted by atomic mass is 28.4. The second-order valence-electron chi connectivity index (χ2n) is 28.4. The third-order valence-corrected chi connectivity index (χ3v) is 35.3. The fourth-order valence-corrected chi connectivity index (χ4v) is 24.3. The van der Waals surface area contributed by atoms with Crippen molar-refractivity contribution in [2.45, 2.75) is 320 Å². The van der Waals surface area contributed by atoms with Crippen molar-refractivity contribution in [1.29, 1.82) is 0 Å². The molecule has 0 saturated carbocycles. The summed E-state index contributed by atoms with van der Waals surface area (Å²) in [5.74, 6) is -3.74. The smallest absolute Gasteiger partial charge is 0.302 e. The highest BCUT2D eigenvalue weighted by Gasteiger charge is 2.57. The molecule has 0 radical (unpaired) electrons. The molecular weight excluding hydrogens is 1130 g/mol. The number of carbonyl (C=O) groups excluding carboxylic acids is 4. The number of aldehydes is 1. The molecule has 4 aliphatic heterocycles. The fourth-order valence-electron chi connectivity index (χ4n) is 14.6. The number of rotatable bonds is 29. The maximum absolute atomic E-state index is 14.3. The van der Waals surface area contributed by atoms with Gasteiger partial charge in [-0.25, -0.2) is 0 Å². The number of benzene rings is 1. The van der Waals surface area contributed by atoms with E-state index in [4.69, 9.17) is 62.5 Å². The summed E-state index contributed by atoms with van der Waals surface area (Å²) in [6, 6.07) is 10.5. The van der Waals surface area contributed by atoms with Crippen LogP contribution in [0.3, 0.4) is 0 Å². The Morgan fingerprint density at radius 3 is 1.84 bits per heavy atom. The lowest BCUT2D eigenvalue weighted by molar-refractivity contribution is -0.347. The third kappa shape index (κ3) is 18.9. The predicted octanol–water partition coefficient (Wildman–Crippen LogP) is 14.7. The number of carbonyl (C=O) groups is 4. The van der Waals surface area contributed by atoms with Crippen molar-refractivity contribution in [3.05, 3.63) is 42.0 Å². The van der Waals surface area contributed by atoms with Crippen LogP contribution >= 0.6 is 0 Å². The lowest BCUT2D eigenvalue weighted by atomic mass is 9.78. The molecule has 0 N–H and O–H groups in total. The standard InChI is InChI=1S/C66H114O16Si3/c1-23-84(24-2,25-3)82-64(18)36-57(78-66(42-64)38-56(74-49(13)68)32-54(77-66)35-61(70)81-85(43(4)5,44(6)7)45(8)9)30-46(10)47(11)62(75-50(14)69)48(12)60(73-41-51-26-28-52(71-19)29-27-51)34-53-31-55(72-20)37-65(76-53)39-58(33-59(40-67)79-65)80-83(21,22)63(15,16)17/h26-29,40,43-45,47-48,53-60,62H,10,23-25,30-39,41-42H2,1-9,11-22H3/t47-,48-,53+,54-,55+,56+,57+,58+,59-,60-,62+,64+,65+,66-/m1/s1. The molecular formula is C66H114O16Si3. The van der Waals surface area contributed by atoms with Crippen LogP contribution in [0.1, 0.15) is 194 Å². The number of esters is 2. The summed E-state index contributed by atoms with van der Waals surface area (Å²) in [6.45, 7) is 44.8. The van der Waals surface area contributed by atoms with Gasteiger partial charge in [0.2, 0.25) is 0 Å². The first-order valence-corrected chi connectivity index (χ1v) is 39.7. The van der Waals surface area contributed by atoms with Crippen LogP contribution in [0, 0.1) is 11.8 Å². The van der Waals surface area contributed by atoms with Crippen molar-refractivity contribution in [2.24, 2.45) is 11.8 Å². The maximum atomic E-state index is 14.3. The summed E-state index contributed by atoms with van der Waals surface area (Å²) in [7, 11) is -3.79. The normalized spacial score (nSPS) is 29.3. The van der Waals surface area contributed by atoms with Crippen LogP contribution in [-0.2, 0) is 77.0 Å². The monoisotopic (exact) mass is 1250 g/mol. The first-order chi connectivity index (χ1) is 39.6. The van der Waals surface area contributed by atoms with E-state index in [-0.39, 0.29) is 59.3 Å². The Hall–Kier alpha value is -2.83. The fraction of sp³-hybridized carbons (Fsp3) is 0.818. The summed E-state index contributed by atoms with van der Waals surface area (Å²) in [5.41, 5.74) is 1.57. The molecule has 1 aromatic carbocycles. The molecule has 16 nitrogen and oxygen atoms in total. The zero-order valence-electron chi connectivity index (χ0n) is 56.3. The molecule has 2 spiro atoms. The van der Waals surface area contributed by atoms with Gasteiger partial charge < -0.3 is 60.7 Å². The quantitative estimate of drug-likeness (QED) is 0.0320. The summed E-state index contributed by atoms with van der Waals surface area (Å²) in [4.78, 5) is 53.3. The Morgan fingerprint density at radius 2 is 1.31 bits per heavy atom. The molecule has 19 heteroatoms. The molecule has 0 unspecified atom stereocenters. The van der Waals surface area contributed by atoms with E-state index < -0.39 is 109 Å². The maximum Gasteiger partial charge on any atom is 0.302 e. The average Bonchev–Trinajstić information content (AvgIpc) is 2.35. The molecule has 1 aromatic rings. The van der Waals surface area contributed by atoms with Gasteiger partial charge in [0.15, 0.2) is 28.2 Å². The van der Waals surface area contributed by atoms with Gasteiger partial charge in [-0.3, -0.25) is 14.4 Å². The van der Waals surface area contributed by atoms with E-state index in [2.05, 4.69) is 110 Å². The van der Waals surface area contributed by atoms with Gasteiger partial charge in [-0.05, 0) is 83.9 Å². The van der Waals surface area contributed by atoms with E-state index in [0.717, 1.165) is 41.3 Å². The zero-order chi connectivity index (χ0) is 63.7. The van der Waals surface area contributed by atoms with E-state index in [1.54, 1.807) is 14.2 Å². The second-order valence-corrected chi connectivity index (χ2v) is 43.3. The number of hydrogen-bond acceptors (Lipinski definition) is 16. The van der Waals surface area contributed by atoms with Gasteiger partial charge in [0, 0.05) is 90.6 Å². The third-order valence-electron chi connectivity index (χ3n) is 20.0. The minimum absolute atomic E-state index is 0.0194. The Kier molecular flexibility index (Phi) is 26.0. The molecule has 5 rings (SSSR count). The molecule has 0 aromatic heterocycles. The first-order valence-electron chi connectivity index (χ1n) is 32.1. The first kappa shape index (κ1) is 72.9. The highest BCUT2D eigenvalue weighted by Crippen LogP contribution is 2.51. The summed E-state index contributed by atoms with van der Waals surface area (Å²) in [5, 5.41) is -0.0515. The van der Waals surface area contributed by atoms with Crippen molar-refractivity contribution < 1.29 is 75.1 Å². The van der Waals surface area contributed by atoms with Crippen molar-refractivity contribution in [3.8, 4) is 5.75 Å². The van der Waals surface area contributed by atoms with Crippen LogP contribution in [0.5, 0.6) is 5.75 Å². The van der Waals surface area contributed by atoms with Crippen LogP contribution < -0.4 is 4.74 Å². The Morgan fingerprint density at radius 1 is 0.741 bits per heavy atom. The molecule has 85 heavy (non-hydrogen) atoms. The average molecular weight is 1250 g/mol. The van der Waals surface area contributed by atoms with Crippen molar-refractivity contribution in [1.82, 2.24) is 0 Å². The van der Waals surface area contributed by atoms with Gasteiger partial charge in [-0.2, -0.15) is 0 Å². The molecule has 0 amide bonds. The molecule has 4 fully saturated rings. The van der Waals surface area contributed by atoms with Crippen LogP contribution in [0.2, 0.25) is 52.9 Å². The Bertz CT molecular complexity index is 2310. The molecule has 4 aliphatic rings. The van der Waals surface area contributed by atoms with E-state index in [9.17, 15) is 19.2 Å². The van der Waals surface area contributed by atoms with Gasteiger partial charge in [-0.1, -0.05) is 121 Å². The summed E-state index contributed by atoms with van der Waals surface area (Å²) in [6.07, 6.45) is 0.136. The molecule has 486 valence electrons. The Labute approximate surface area is 515 Å². The van der Waals surface area contributed by atoms with Crippen LogP contribution in [0.15, 0.2) is 36.4 Å². The van der Waals surface area contributed by atoms with E-state index in [0.29, 0.717) is 57.8 Å². The lowest BCUT2D eigenvalue weighted by Gasteiger charge is -2.55. The largest absolute Gasteiger partial charge is 0.518 e. The summed E-state index contributed by atoms with van der Waals surface area (Å²) < 4.78 is 80.6. The molecule has 0 bridgehead atoms. The number of ether oxygens (including phenoxy) is 9. The van der Waals surface area contributed by atoms with E-state index in [1.165, 1.54) is 13.8 Å². The van der Waals surface area contributed by atoms with E-state index in [1.807, 2.05) is 31.2 Å². The predicted molar refractivity (Wildman–Crippen MR) is 339 cm³/mol. The molecule has 4 saturated heterocycles. The zero-order valence-corrected chi connectivity index (χ0v) is 59.3. The van der Waals surface area contributed by atoms with E-state index >= 15 is 0 Å². The SMILES string of the molecule is C=C(C[C@H]1C[C@](C)(O[Si](CC)(CC)CC)C[C@@]2(C[C@@H](OC(C)=O)C[C@H](CC(=O)O[Si](C(C)C)(C(C)C)C(C)C)O2)O1)[C@@H](C)[C@H](OC(C)=O)[C@H](C)[C@@H](C[C@@H]1C[C@H](OC)C[C@]2(C[C@@H](O[Si](C)(C)C(C)(C)C)C[C@H](C=O)O2)O1)OCc1ccc(OC)cc1. The summed E-state index contributed by atoms with van der Waals surface area (Å²) >= 11 is 0. The minimum atomic E-state index is -2.59. The van der Waals surface area contributed by atoms with Gasteiger partial charge in [0.05, 0.1) is 62.4 Å². The molecule has 0 aliphatic carbocycles. The van der Waals surface area contributed by atoms with Gasteiger partial charge in [0.25, 0.3) is 14.3 Å². The van der Waals surface area contributed by atoms with Crippen LogP contribution in [0.25, 0.3) is 0 Å². The highest BCUT2D eigenvalue weighted by molar-refractivity contribution is 6.79. The van der Waals surface area contributed by atoms with Crippen molar-refractivity contribution in [2.75, 3.05) is 14.2 Å². The van der Waals surface area contributed by atoms with Crippen molar-refractivity contribution >= 4 is 49.1 Å². The number of methoxy groups -OCH3 is 2. The van der Waals surface area contributed by atoms with Crippen LogP contribution in [0.4, 0.5) is 0 Å². The topological polar surface area (TPSA) is 179 Å². The van der Waals surface area contributed by atoms with Gasteiger partial charge >= 0.3 is 11.9 Å². The van der Waals surface area contributed by atoms with Gasteiger partial charge in [-0.15, -0.1) is 0 Å². The molecule has 4 heterocycles. The van der Waals surface area contributed by atoms with Crippen molar-refractivity contribution in [3.63, 3.8) is 0 Å². The Balaban J connectivity index is 1.51. The van der Waals surface area contributed by atoms with Crippen LogP contribution in [-0.4, -0.2) is 135 Å². The minimum Gasteiger partial charge on any atom is -0.518 e. The molecule has 14 atom stereocenters.